The molecule has 0 bridgehead atoms. The van der Waals surface area contributed by atoms with Crippen molar-refractivity contribution in [3.05, 3.63) is 58.6 Å². The standard InChI is InChI=1S/C17H14BrNO4/c1-22-17(21)15-10-19(13-4-2-3-5-14(13)23-15)16(20)11-6-8-12(18)9-7-11/h2-9,15H,10H2,1H3/t15-/m0/s1. The molecular formula is C17H14BrNO4. The molecule has 2 aromatic rings. The highest BCUT2D eigenvalue weighted by molar-refractivity contribution is 9.10. The van der Waals surface area contributed by atoms with E-state index >= 15 is 0 Å². The summed E-state index contributed by atoms with van der Waals surface area (Å²) in [6.07, 6.45) is -0.839. The molecule has 0 fully saturated rings. The van der Waals surface area contributed by atoms with Gasteiger partial charge in [-0.15, -0.1) is 0 Å². The van der Waals surface area contributed by atoms with E-state index in [0.29, 0.717) is 17.0 Å². The lowest BCUT2D eigenvalue weighted by atomic mass is 10.1. The number of amides is 1. The molecular weight excluding hydrogens is 362 g/mol. The van der Waals surface area contributed by atoms with E-state index in [4.69, 9.17) is 9.47 Å². The summed E-state index contributed by atoms with van der Waals surface area (Å²) in [7, 11) is 1.30. The Morgan fingerprint density at radius 2 is 1.87 bits per heavy atom. The first-order chi connectivity index (χ1) is 11.1. The number of carbonyl (C=O) groups excluding carboxylic acids is 2. The summed E-state index contributed by atoms with van der Waals surface area (Å²) in [6, 6.07) is 14.2. The van der Waals surface area contributed by atoms with E-state index in [-0.39, 0.29) is 12.5 Å². The molecule has 118 valence electrons. The summed E-state index contributed by atoms with van der Waals surface area (Å²) in [4.78, 5) is 26.2. The Morgan fingerprint density at radius 1 is 1.17 bits per heavy atom. The van der Waals surface area contributed by atoms with Crippen LogP contribution in [0.3, 0.4) is 0 Å². The van der Waals surface area contributed by atoms with Crippen molar-refractivity contribution in [3.63, 3.8) is 0 Å². The topological polar surface area (TPSA) is 55.8 Å². The number of esters is 1. The number of anilines is 1. The zero-order chi connectivity index (χ0) is 16.4. The summed E-state index contributed by atoms with van der Waals surface area (Å²) in [5.41, 5.74) is 1.18. The fourth-order valence-electron chi connectivity index (χ4n) is 2.43. The maximum atomic E-state index is 12.8. The smallest absolute Gasteiger partial charge is 0.348 e. The number of nitrogens with zero attached hydrogens (tertiary/aromatic N) is 1. The number of halogens is 1. The van der Waals surface area contributed by atoms with Crippen LogP contribution in [0.25, 0.3) is 0 Å². The summed E-state index contributed by atoms with van der Waals surface area (Å²) >= 11 is 3.35. The van der Waals surface area contributed by atoms with Crippen LogP contribution in [0.1, 0.15) is 10.4 Å². The molecule has 1 amide bonds. The Balaban J connectivity index is 1.97. The van der Waals surface area contributed by atoms with E-state index < -0.39 is 12.1 Å². The van der Waals surface area contributed by atoms with Crippen molar-refractivity contribution >= 4 is 33.5 Å². The van der Waals surface area contributed by atoms with Crippen LogP contribution in [-0.2, 0) is 9.53 Å². The van der Waals surface area contributed by atoms with Crippen LogP contribution < -0.4 is 9.64 Å². The normalized spacial score (nSPS) is 16.3. The van der Waals surface area contributed by atoms with Gasteiger partial charge >= 0.3 is 5.97 Å². The number of ether oxygens (including phenoxy) is 2. The Kier molecular flexibility index (Phi) is 4.34. The first-order valence-corrected chi connectivity index (χ1v) is 7.80. The predicted molar refractivity (Wildman–Crippen MR) is 88.7 cm³/mol. The highest BCUT2D eigenvalue weighted by atomic mass is 79.9. The number of methoxy groups -OCH3 is 1. The Hall–Kier alpha value is -2.34. The van der Waals surface area contributed by atoms with Crippen molar-refractivity contribution < 1.29 is 19.1 Å². The molecule has 0 radical (unpaired) electrons. The van der Waals surface area contributed by atoms with Gasteiger partial charge < -0.3 is 14.4 Å². The number of fused-ring (bicyclic) bond motifs is 1. The molecule has 1 heterocycles. The van der Waals surface area contributed by atoms with Gasteiger partial charge in [0.05, 0.1) is 19.3 Å². The number of hydrogen-bond donors (Lipinski definition) is 0. The van der Waals surface area contributed by atoms with Gasteiger partial charge in [-0.25, -0.2) is 4.79 Å². The van der Waals surface area contributed by atoms with Crippen molar-refractivity contribution in [3.8, 4) is 5.75 Å². The van der Waals surface area contributed by atoms with Gasteiger partial charge in [0.15, 0.2) is 0 Å². The number of rotatable bonds is 2. The van der Waals surface area contributed by atoms with Crippen molar-refractivity contribution in [1.82, 2.24) is 0 Å². The molecule has 2 aromatic carbocycles. The molecule has 0 unspecified atom stereocenters. The average Bonchev–Trinajstić information content (AvgIpc) is 2.60. The molecule has 3 rings (SSSR count). The maximum absolute atomic E-state index is 12.8. The van der Waals surface area contributed by atoms with Gasteiger partial charge in [0.2, 0.25) is 6.10 Å². The lowest BCUT2D eigenvalue weighted by Gasteiger charge is -2.33. The van der Waals surface area contributed by atoms with Crippen LogP contribution in [0.5, 0.6) is 5.75 Å². The average molecular weight is 376 g/mol. The molecule has 6 heteroatoms. The molecule has 0 aromatic heterocycles. The van der Waals surface area contributed by atoms with Crippen LogP contribution in [-0.4, -0.2) is 31.6 Å². The van der Waals surface area contributed by atoms with E-state index in [1.165, 1.54) is 7.11 Å². The third-order valence-corrected chi connectivity index (χ3v) is 4.10. The summed E-state index contributed by atoms with van der Waals surface area (Å²) < 4.78 is 11.3. The van der Waals surface area contributed by atoms with Gasteiger partial charge in [0.25, 0.3) is 5.91 Å². The number of para-hydroxylation sites is 2. The van der Waals surface area contributed by atoms with Crippen molar-refractivity contribution in [2.75, 3.05) is 18.6 Å². The first kappa shape index (κ1) is 15.6. The Morgan fingerprint density at radius 3 is 2.57 bits per heavy atom. The zero-order valence-corrected chi connectivity index (χ0v) is 13.9. The quantitative estimate of drug-likeness (QED) is 0.757. The van der Waals surface area contributed by atoms with Crippen LogP contribution in [0.4, 0.5) is 5.69 Å². The van der Waals surface area contributed by atoms with E-state index in [2.05, 4.69) is 15.9 Å². The minimum absolute atomic E-state index is 0.110. The van der Waals surface area contributed by atoms with E-state index in [0.717, 1.165) is 4.47 Å². The minimum Gasteiger partial charge on any atom is -0.475 e. The Bertz CT molecular complexity index is 745. The van der Waals surface area contributed by atoms with Gasteiger partial charge in [-0.1, -0.05) is 28.1 Å². The largest absolute Gasteiger partial charge is 0.475 e. The molecule has 5 nitrogen and oxygen atoms in total. The summed E-state index contributed by atoms with van der Waals surface area (Å²) in [5, 5.41) is 0. The van der Waals surface area contributed by atoms with Crippen molar-refractivity contribution in [2.24, 2.45) is 0 Å². The highest BCUT2D eigenvalue weighted by Gasteiger charge is 2.34. The third kappa shape index (κ3) is 3.07. The second-order valence-corrected chi connectivity index (χ2v) is 5.94. The number of hydrogen-bond acceptors (Lipinski definition) is 4. The molecule has 1 aliphatic heterocycles. The summed E-state index contributed by atoms with van der Waals surface area (Å²) in [5.74, 6) is -0.213. The van der Waals surface area contributed by atoms with Crippen LogP contribution in [0.15, 0.2) is 53.0 Å². The molecule has 0 spiro atoms. The molecule has 23 heavy (non-hydrogen) atoms. The number of benzene rings is 2. The fourth-order valence-corrected chi connectivity index (χ4v) is 2.69. The second kappa shape index (κ2) is 6.42. The van der Waals surface area contributed by atoms with Gasteiger partial charge in [0, 0.05) is 10.0 Å². The second-order valence-electron chi connectivity index (χ2n) is 5.02. The Labute approximate surface area is 141 Å². The van der Waals surface area contributed by atoms with E-state index in [9.17, 15) is 9.59 Å². The van der Waals surface area contributed by atoms with E-state index in [1.54, 1.807) is 47.4 Å². The maximum Gasteiger partial charge on any atom is 0.348 e. The van der Waals surface area contributed by atoms with Gasteiger partial charge in [0.1, 0.15) is 5.75 Å². The molecule has 0 saturated carbocycles. The molecule has 1 atom stereocenters. The SMILES string of the molecule is COC(=O)[C@@H]1CN(C(=O)c2ccc(Br)cc2)c2ccccc2O1. The minimum atomic E-state index is -0.839. The summed E-state index contributed by atoms with van der Waals surface area (Å²) in [6.45, 7) is 0.110. The third-order valence-electron chi connectivity index (χ3n) is 3.57. The van der Waals surface area contributed by atoms with Crippen molar-refractivity contribution in [1.29, 1.82) is 0 Å². The highest BCUT2D eigenvalue weighted by Crippen LogP contribution is 2.34. The van der Waals surface area contributed by atoms with Gasteiger partial charge in [-0.2, -0.15) is 0 Å². The molecule has 1 aliphatic rings. The molecule has 0 N–H and O–H groups in total. The first-order valence-electron chi connectivity index (χ1n) is 7.01. The predicted octanol–water partition coefficient (Wildman–Crippen LogP) is 3.03. The monoisotopic (exact) mass is 375 g/mol. The van der Waals surface area contributed by atoms with Gasteiger partial charge in [-0.05, 0) is 36.4 Å². The molecule has 0 saturated heterocycles. The van der Waals surface area contributed by atoms with E-state index in [1.807, 2.05) is 6.07 Å². The lowest BCUT2D eigenvalue weighted by Crippen LogP contribution is -2.47. The molecule has 0 aliphatic carbocycles. The zero-order valence-electron chi connectivity index (χ0n) is 12.4. The van der Waals surface area contributed by atoms with Crippen LogP contribution >= 0.6 is 15.9 Å². The van der Waals surface area contributed by atoms with Crippen LogP contribution in [0.2, 0.25) is 0 Å². The van der Waals surface area contributed by atoms with Gasteiger partial charge in [-0.3, -0.25) is 4.79 Å². The lowest BCUT2D eigenvalue weighted by molar-refractivity contribution is -0.148. The van der Waals surface area contributed by atoms with Crippen molar-refractivity contribution in [2.45, 2.75) is 6.10 Å². The van der Waals surface area contributed by atoms with Crippen LogP contribution in [0, 0.1) is 0 Å². The number of carbonyl (C=O) groups is 2. The fraction of sp³-hybridized carbons (Fsp3) is 0.176.